The van der Waals surface area contributed by atoms with Gasteiger partial charge in [0.2, 0.25) is 0 Å². The van der Waals surface area contributed by atoms with E-state index in [9.17, 15) is 0 Å². The second-order valence-electron chi connectivity index (χ2n) is 8.27. The summed E-state index contributed by atoms with van der Waals surface area (Å²) in [6, 6.07) is 18.0. The van der Waals surface area contributed by atoms with E-state index in [1.165, 1.54) is 28.7 Å². The second kappa shape index (κ2) is 5.49. The summed E-state index contributed by atoms with van der Waals surface area (Å²) in [6.07, 6.45) is 1.21. The van der Waals surface area contributed by atoms with Crippen molar-refractivity contribution < 1.29 is 0 Å². The highest BCUT2D eigenvalue weighted by Crippen LogP contribution is 2.49. The van der Waals surface area contributed by atoms with Crippen LogP contribution in [0.2, 0.25) is 0 Å². The van der Waals surface area contributed by atoms with Gasteiger partial charge in [0, 0.05) is 17.0 Å². The van der Waals surface area contributed by atoms with Gasteiger partial charge in [-0.15, -0.1) is 0 Å². The third-order valence-corrected chi connectivity index (χ3v) is 6.03. The maximum atomic E-state index is 2.54. The molecule has 2 aromatic rings. The normalized spacial score (nSPS) is 23.1. The molecule has 2 aromatic carbocycles. The minimum atomic E-state index is 0.189. The molecule has 0 spiro atoms. The molecular weight excluding hydrogens is 278 g/mol. The van der Waals surface area contributed by atoms with Crippen LogP contribution in [0.25, 0.3) is 11.1 Å². The van der Waals surface area contributed by atoms with Crippen LogP contribution in [0.3, 0.4) is 0 Å². The van der Waals surface area contributed by atoms with Gasteiger partial charge in [0.15, 0.2) is 0 Å². The first-order valence-corrected chi connectivity index (χ1v) is 8.63. The summed E-state index contributed by atoms with van der Waals surface area (Å²) < 4.78 is 0. The second-order valence-corrected chi connectivity index (χ2v) is 8.27. The van der Waals surface area contributed by atoms with E-state index in [0.29, 0.717) is 5.92 Å². The predicted octanol–water partition coefficient (Wildman–Crippen LogP) is 5.64. The molecule has 0 aromatic heterocycles. The molecule has 1 aliphatic heterocycles. The van der Waals surface area contributed by atoms with E-state index < -0.39 is 0 Å². The maximum Gasteiger partial charge on any atom is 0.0224 e. The number of likely N-dealkylation sites (tertiary alicyclic amines) is 1. The van der Waals surface area contributed by atoms with E-state index in [2.05, 4.69) is 95.1 Å². The third kappa shape index (κ3) is 2.83. The van der Waals surface area contributed by atoms with Crippen molar-refractivity contribution in [2.24, 2.45) is 0 Å². The lowest BCUT2D eigenvalue weighted by Crippen LogP contribution is -2.46. The van der Waals surface area contributed by atoms with Crippen LogP contribution in [0.5, 0.6) is 0 Å². The van der Waals surface area contributed by atoms with Crippen molar-refractivity contribution in [2.75, 3.05) is 7.05 Å². The Morgan fingerprint density at radius 2 is 1.30 bits per heavy atom. The molecule has 122 valence electrons. The summed E-state index contributed by atoms with van der Waals surface area (Å²) in [7, 11) is 2.26. The average Bonchev–Trinajstić information content (AvgIpc) is 2.68. The molecule has 1 fully saturated rings. The molecule has 0 saturated carbocycles. The lowest BCUT2D eigenvalue weighted by atomic mass is 9.81. The standard InChI is InChI=1S/C22H29N/c1-16-7-9-17(10-8-16)18-11-13-19(14-12-18)20-15-21(2,3)23(6)22(20,4)5/h7-14,20H,15H2,1-6H3. The van der Waals surface area contributed by atoms with Gasteiger partial charge in [-0.1, -0.05) is 54.1 Å². The fourth-order valence-corrected chi connectivity index (χ4v) is 4.08. The molecular formula is C22H29N. The molecule has 1 nitrogen and oxygen atoms in total. The summed E-state index contributed by atoms with van der Waals surface area (Å²) in [5, 5.41) is 0. The Morgan fingerprint density at radius 3 is 1.74 bits per heavy atom. The molecule has 0 radical (unpaired) electrons. The number of hydrogen-bond acceptors (Lipinski definition) is 1. The van der Waals surface area contributed by atoms with Gasteiger partial charge in [-0.05, 0) is 64.8 Å². The predicted molar refractivity (Wildman–Crippen MR) is 99.9 cm³/mol. The zero-order valence-corrected chi connectivity index (χ0v) is 15.4. The highest BCUT2D eigenvalue weighted by atomic mass is 15.3. The summed E-state index contributed by atoms with van der Waals surface area (Å²) >= 11 is 0. The Morgan fingerprint density at radius 1 is 0.826 bits per heavy atom. The van der Waals surface area contributed by atoms with Crippen molar-refractivity contribution in [1.29, 1.82) is 0 Å². The topological polar surface area (TPSA) is 3.24 Å². The molecule has 1 saturated heterocycles. The molecule has 0 bridgehead atoms. The zero-order valence-electron chi connectivity index (χ0n) is 15.4. The van der Waals surface area contributed by atoms with Crippen LogP contribution in [0.4, 0.5) is 0 Å². The highest BCUT2D eigenvalue weighted by molar-refractivity contribution is 5.64. The summed E-state index contributed by atoms with van der Waals surface area (Å²) in [5.74, 6) is 0.578. The van der Waals surface area contributed by atoms with Gasteiger partial charge in [-0.25, -0.2) is 0 Å². The molecule has 1 heterocycles. The largest absolute Gasteiger partial charge is 0.295 e. The number of rotatable bonds is 2. The van der Waals surface area contributed by atoms with E-state index >= 15 is 0 Å². The van der Waals surface area contributed by atoms with Crippen molar-refractivity contribution in [2.45, 2.75) is 58.0 Å². The molecule has 3 rings (SSSR count). The quantitative estimate of drug-likeness (QED) is 0.694. The van der Waals surface area contributed by atoms with Crippen molar-refractivity contribution in [3.05, 3.63) is 59.7 Å². The average molecular weight is 307 g/mol. The van der Waals surface area contributed by atoms with Crippen LogP contribution in [0, 0.1) is 6.92 Å². The van der Waals surface area contributed by atoms with Crippen molar-refractivity contribution in [3.8, 4) is 11.1 Å². The summed E-state index contributed by atoms with van der Waals surface area (Å²) in [4.78, 5) is 2.54. The van der Waals surface area contributed by atoms with Gasteiger partial charge in [0.1, 0.15) is 0 Å². The molecule has 0 aliphatic carbocycles. The molecule has 1 unspecified atom stereocenters. The lowest BCUT2D eigenvalue weighted by Gasteiger charge is -2.38. The van der Waals surface area contributed by atoms with Crippen LogP contribution < -0.4 is 0 Å². The maximum absolute atomic E-state index is 2.54. The van der Waals surface area contributed by atoms with Gasteiger partial charge in [0.05, 0.1) is 0 Å². The Labute approximate surface area is 141 Å². The van der Waals surface area contributed by atoms with Gasteiger partial charge in [-0.3, -0.25) is 4.90 Å². The Bertz CT molecular complexity index is 677. The number of likely N-dealkylation sites (N-methyl/N-ethyl adjacent to an activating group) is 1. The number of nitrogens with zero attached hydrogens (tertiary/aromatic N) is 1. The first-order chi connectivity index (χ1) is 10.7. The van der Waals surface area contributed by atoms with Crippen LogP contribution in [0.15, 0.2) is 48.5 Å². The van der Waals surface area contributed by atoms with Crippen molar-refractivity contribution in [1.82, 2.24) is 4.90 Å². The van der Waals surface area contributed by atoms with E-state index in [1.54, 1.807) is 0 Å². The highest BCUT2D eigenvalue weighted by Gasteiger charge is 2.49. The van der Waals surface area contributed by atoms with Gasteiger partial charge in [0.25, 0.3) is 0 Å². The Kier molecular flexibility index (Phi) is 3.88. The first kappa shape index (κ1) is 16.3. The Hall–Kier alpha value is -1.60. The summed E-state index contributed by atoms with van der Waals surface area (Å²) in [6.45, 7) is 11.6. The molecule has 0 amide bonds. The van der Waals surface area contributed by atoms with E-state index in [4.69, 9.17) is 0 Å². The lowest BCUT2D eigenvalue weighted by molar-refractivity contribution is 0.110. The van der Waals surface area contributed by atoms with Crippen LogP contribution in [0.1, 0.15) is 51.2 Å². The molecule has 23 heavy (non-hydrogen) atoms. The Balaban J connectivity index is 1.89. The van der Waals surface area contributed by atoms with E-state index in [1.807, 2.05) is 0 Å². The first-order valence-electron chi connectivity index (χ1n) is 8.63. The monoisotopic (exact) mass is 307 g/mol. The fraction of sp³-hybridized carbons (Fsp3) is 0.455. The summed E-state index contributed by atoms with van der Waals surface area (Å²) in [5.41, 5.74) is 5.81. The zero-order chi connectivity index (χ0) is 16.8. The van der Waals surface area contributed by atoms with Crippen LogP contribution >= 0.6 is 0 Å². The number of benzene rings is 2. The number of aryl methyl sites for hydroxylation is 1. The molecule has 1 heteroatoms. The molecule has 1 aliphatic rings. The number of hydrogen-bond donors (Lipinski definition) is 0. The fourth-order valence-electron chi connectivity index (χ4n) is 4.08. The minimum Gasteiger partial charge on any atom is -0.295 e. The van der Waals surface area contributed by atoms with E-state index in [0.717, 1.165) is 0 Å². The van der Waals surface area contributed by atoms with Crippen LogP contribution in [-0.2, 0) is 0 Å². The van der Waals surface area contributed by atoms with Gasteiger partial charge in [-0.2, -0.15) is 0 Å². The molecule has 1 atom stereocenters. The SMILES string of the molecule is Cc1ccc(-c2ccc(C3CC(C)(C)N(C)C3(C)C)cc2)cc1. The van der Waals surface area contributed by atoms with Crippen molar-refractivity contribution in [3.63, 3.8) is 0 Å². The van der Waals surface area contributed by atoms with E-state index in [-0.39, 0.29) is 11.1 Å². The minimum absolute atomic E-state index is 0.189. The molecule has 0 N–H and O–H groups in total. The van der Waals surface area contributed by atoms with Crippen molar-refractivity contribution >= 4 is 0 Å². The smallest absolute Gasteiger partial charge is 0.0224 e. The third-order valence-electron chi connectivity index (χ3n) is 6.03. The van der Waals surface area contributed by atoms with Crippen LogP contribution in [-0.4, -0.2) is 23.0 Å². The van der Waals surface area contributed by atoms with Gasteiger partial charge >= 0.3 is 0 Å². The van der Waals surface area contributed by atoms with Gasteiger partial charge < -0.3 is 0 Å².